The summed E-state index contributed by atoms with van der Waals surface area (Å²) in [6, 6.07) is 0.0228. The van der Waals surface area contributed by atoms with Crippen molar-refractivity contribution in [3.63, 3.8) is 0 Å². The van der Waals surface area contributed by atoms with Gasteiger partial charge in [0.1, 0.15) is 5.25 Å². The van der Waals surface area contributed by atoms with Gasteiger partial charge in [0.2, 0.25) is 10.0 Å². The van der Waals surface area contributed by atoms with Crippen LogP contribution in [0.3, 0.4) is 0 Å². The maximum Gasteiger partial charge on any atom is 0.223 e. The van der Waals surface area contributed by atoms with E-state index in [1.54, 1.807) is 4.31 Å². The summed E-state index contributed by atoms with van der Waals surface area (Å²) in [7, 11) is -3.42. The molecule has 0 aromatic rings. The molecule has 4 atom stereocenters. The van der Waals surface area contributed by atoms with Crippen LogP contribution in [0.2, 0.25) is 0 Å². The number of nitrogens with two attached hydrogens (primary N) is 1. The molecule has 1 heterocycles. The Morgan fingerprint density at radius 3 is 2.44 bits per heavy atom. The highest BCUT2D eigenvalue weighted by Crippen LogP contribution is 2.30. The Labute approximate surface area is 116 Å². The van der Waals surface area contributed by atoms with E-state index in [9.17, 15) is 8.42 Å². The van der Waals surface area contributed by atoms with Crippen LogP contribution < -0.4 is 5.73 Å². The van der Waals surface area contributed by atoms with Gasteiger partial charge in [-0.05, 0) is 31.6 Å². The smallest absolute Gasteiger partial charge is 0.223 e. The molecule has 1 saturated heterocycles. The van der Waals surface area contributed by atoms with Gasteiger partial charge in [-0.3, -0.25) is 0 Å². The van der Waals surface area contributed by atoms with Crippen molar-refractivity contribution >= 4 is 27.2 Å². The summed E-state index contributed by atoms with van der Waals surface area (Å²) in [6.45, 7) is 8.55. The number of hydrogen-bond donors (Lipinski definition) is 1. The molecule has 0 amide bonds. The highest BCUT2D eigenvalue weighted by molar-refractivity contribution is 7.92. The first-order chi connectivity index (χ1) is 8.21. The zero-order valence-electron chi connectivity index (χ0n) is 11.6. The summed E-state index contributed by atoms with van der Waals surface area (Å²) in [5.41, 5.74) is 5.58. The maximum absolute atomic E-state index is 12.6. The number of sulfonamides is 1. The van der Waals surface area contributed by atoms with E-state index in [0.29, 0.717) is 24.8 Å². The Morgan fingerprint density at radius 1 is 1.44 bits per heavy atom. The molecule has 6 heteroatoms. The SMILES string of the molecule is CCC(C(N)=S)S(=O)(=O)N1CC(C)CC(C)C1C. The summed E-state index contributed by atoms with van der Waals surface area (Å²) in [4.78, 5) is 0.0792. The average molecular weight is 292 g/mol. The van der Waals surface area contributed by atoms with Crippen LogP contribution in [0.1, 0.15) is 40.5 Å². The Morgan fingerprint density at radius 2 is 2.00 bits per heavy atom. The highest BCUT2D eigenvalue weighted by Gasteiger charge is 2.40. The Balaban J connectivity index is 3.06. The predicted octanol–water partition coefficient (Wildman–Crippen LogP) is 1.75. The van der Waals surface area contributed by atoms with Gasteiger partial charge in [0.05, 0.1) is 4.99 Å². The summed E-state index contributed by atoms with van der Waals surface area (Å²) in [5, 5.41) is -0.729. The van der Waals surface area contributed by atoms with Crippen LogP contribution in [-0.4, -0.2) is 35.5 Å². The molecule has 18 heavy (non-hydrogen) atoms. The fraction of sp³-hybridized carbons (Fsp3) is 0.917. The standard InChI is InChI=1S/C12H24N2O2S2/c1-5-11(12(13)17)18(15,16)14-7-8(2)6-9(3)10(14)4/h8-11H,5-7H2,1-4H3,(H2,13,17). The molecule has 1 aliphatic rings. The molecule has 0 radical (unpaired) electrons. The maximum atomic E-state index is 12.6. The predicted molar refractivity (Wildman–Crippen MR) is 78.9 cm³/mol. The van der Waals surface area contributed by atoms with Crippen molar-refractivity contribution in [3.05, 3.63) is 0 Å². The Bertz CT molecular complexity index is 408. The molecule has 4 nitrogen and oxygen atoms in total. The van der Waals surface area contributed by atoms with Crippen molar-refractivity contribution in [1.29, 1.82) is 0 Å². The molecule has 0 aliphatic carbocycles. The minimum Gasteiger partial charge on any atom is -0.392 e. The van der Waals surface area contributed by atoms with Gasteiger partial charge in [-0.25, -0.2) is 8.42 Å². The Hall–Kier alpha value is -0.200. The molecular formula is C12H24N2O2S2. The molecule has 0 aromatic carbocycles. The molecule has 1 fully saturated rings. The normalized spacial score (nSPS) is 32.1. The first kappa shape index (κ1) is 15.9. The summed E-state index contributed by atoms with van der Waals surface area (Å²) in [5.74, 6) is 0.752. The third-order valence-corrected chi connectivity index (χ3v) is 6.79. The van der Waals surface area contributed by atoms with Crippen molar-refractivity contribution in [2.75, 3.05) is 6.54 Å². The van der Waals surface area contributed by atoms with Gasteiger partial charge in [-0.15, -0.1) is 0 Å². The van der Waals surface area contributed by atoms with E-state index in [4.69, 9.17) is 18.0 Å². The second-order valence-electron chi connectivity index (χ2n) is 5.47. The topological polar surface area (TPSA) is 63.4 Å². The molecule has 1 rings (SSSR count). The van der Waals surface area contributed by atoms with Crippen LogP contribution in [0.25, 0.3) is 0 Å². The lowest BCUT2D eigenvalue weighted by Gasteiger charge is -2.41. The zero-order chi connectivity index (χ0) is 14.1. The lowest BCUT2D eigenvalue weighted by atomic mass is 9.88. The highest BCUT2D eigenvalue weighted by atomic mass is 32.2. The van der Waals surface area contributed by atoms with E-state index >= 15 is 0 Å². The van der Waals surface area contributed by atoms with E-state index in [0.717, 1.165) is 6.42 Å². The monoisotopic (exact) mass is 292 g/mol. The number of hydrogen-bond acceptors (Lipinski definition) is 3. The van der Waals surface area contributed by atoms with Gasteiger partial charge in [-0.1, -0.05) is 33.0 Å². The van der Waals surface area contributed by atoms with Crippen LogP contribution in [0, 0.1) is 11.8 Å². The lowest BCUT2D eigenvalue weighted by molar-refractivity contribution is 0.157. The van der Waals surface area contributed by atoms with Crippen molar-refractivity contribution in [1.82, 2.24) is 4.31 Å². The van der Waals surface area contributed by atoms with Gasteiger partial charge in [0.15, 0.2) is 0 Å². The van der Waals surface area contributed by atoms with E-state index in [1.807, 2.05) is 13.8 Å². The molecule has 4 unspecified atom stereocenters. The van der Waals surface area contributed by atoms with Crippen LogP contribution >= 0.6 is 12.2 Å². The van der Waals surface area contributed by atoms with Gasteiger partial charge in [0.25, 0.3) is 0 Å². The van der Waals surface area contributed by atoms with E-state index in [1.165, 1.54) is 0 Å². The van der Waals surface area contributed by atoms with Gasteiger partial charge < -0.3 is 5.73 Å². The second-order valence-corrected chi connectivity index (χ2v) is 8.01. The van der Waals surface area contributed by atoms with E-state index < -0.39 is 15.3 Å². The quantitative estimate of drug-likeness (QED) is 0.802. The molecular weight excluding hydrogens is 268 g/mol. The van der Waals surface area contributed by atoms with Gasteiger partial charge in [0, 0.05) is 12.6 Å². The van der Waals surface area contributed by atoms with Crippen molar-refractivity contribution in [3.8, 4) is 0 Å². The van der Waals surface area contributed by atoms with Crippen LogP contribution in [0.4, 0.5) is 0 Å². The van der Waals surface area contributed by atoms with E-state index in [2.05, 4.69) is 13.8 Å². The molecule has 2 N–H and O–H groups in total. The van der Waals surface area contributed by atoms with E-state index in [-0.39, 0.29) is 11.0 Å². The molecule has 106 valence electrons. The summed E-state index contributed by atoms with van der Waals surface area (Å²) >= 11 is 4.90. The number of rotatable bonds is 4. The van der Waals surface area contributed by atoms with Crippen LogP contribution in [0.5, 0.6) is 0 Å². The third-order valence-electron chi connectivity index (χ3n) is 3.92. The molecule has 0 aromatic heterocycles. The van der Waals surface area contributed by atoms with Crippen LogP contribution in [0.15, 0.2) is 0 Å². The van der Waals surface area contributed by atoms with Crippen LogP contribution in [-0.2, 0) is 10.0 Å². The first-order valence-corrected chi connectivity index (χ1v) is 8.42. The van der Waals surface area contributed by atoms with Crippen molar-refractivity contribution < 1.29 is 8.42 Å². The first-order valence-electron chi connectivity index (χ1n) is 6.51. The molecule has 0 spiro atoms. The summed E-state index contributed by atoms with van der Waals surface area (Å²) < 4.78 is 26.8. The molecule has 1 aliphatic heterocycles. The summed E-state index contributed by atoms with van der Waals surface area (Å²) in [6.07, 6.45) is 1.50. The number of thiocarbonyl (C=S) groups is 1. The van der Waals surface area contributed by atoms with Gasteiger partial charge >= 0.3 is 0 Å². The zero-order valence-corrected chi connectivity index (χ0v) is 13.2. The fourth-order valence-electron chi connectivity index (χ4n) is 2.72. The Kier molecular flexibility index (Phi) is 5.14. The minimum atomic E-state index is -3.42. The van der Waals surface area contributed by atoms with Crippen molar-refractivity contribution in [2.24, 2.45) is 17.6 Å². The second kappa shape index (κ2) is 5.84. The average Bonchev–Trinajstić information content (AvgIpc) is 2.23. The largest absolute Gasteiger partial charge is 0.392 e. The lowest BCUT2D eigenvalue weighted by Crippen LogP contribution is -2.53. The van der Waals surface area contributed by atoms with Crippen molar-refractivity contribution in [2.45, 2.75) is 51.8 Å². The third kappa shape index (κ3) is 3.03. The molecule has 0 saturated carbocycles. The number of nitrogens with zero attached hydrogens (tertiary/aromatic N) is 1. The van der Waals surface area contributed by atoms with Gasteiger partial charge in [-0.2, -0.15) is 4.31 Å². The fourth-order valence-corrected chi connectivity index (χ4v) is 5.43. The molecule has 0 bridgehead atoms. The minimum absolute atomic E-state index is 0.0228. The number of piperidine rings is 1.